The van der Waals surface area contributed by atoms with E-state index in [9.17, 15) is 9.59 Å². The second kappa shape index (κ2) is 7.48. The summed E-state index contributed by atoms with van der Waals surface area (Å²) in [7, 11) is 0. The van der Waals surface area contributed by atoms with Gasteiger partial charge in [-0.2, -0.15) is 0 Å². The topological polar surface area (TPSA) is 83.1 Å². The first-order chi connectivity index (χ1) is 13.2. The van der Waals surface area contributed by atoms with Crippen LogP contribution in [0.3, 0.4) is 0 Å². The average Bonchev–Trinajstić information content (AvgIpc) is 3.40. The number of pyridine rings is 1. The lowest BCUT2D eigenvalue weighted by molar-refractivity contribution is -0.123. The van der Waals surface area contributed by atoms with Crippen LogP contribution < -0.4 is 16.0 Å². The summed E-state index contributed by atoms with van der Waals surface area (Å²) in [6, 6.07) is 12.8. The molecule has 6 heteroatoms. The number of nitrogens with zero attached hydrogens (tertiary/aromatic N) is 1. The highest BCUT2D eigenvalue weighted by Crippen LogP contribution is 2.58. The Bertz CT molecular complexity index is 831. The lowest BCUT2D eigenvalue weighted by atomic mass is 9.92. The van der Waals surface area contributed by atoms with Gasteiger partial charge in [-0.15, -0.1) is 0 Å². The fourth-order valence-electron chi connectivity index (χ4n) is 3.96. The molecule has 2 amide bonds. The number of hydrogen-bond acceptors (Lipinski definition) is 4. The summed E-state index contributed by atoms with van der Waals surface area (Å²) in [6.07, 6.45) is 4.80. The Morgan fingerprint density at radius 3 is 2.78 bits per heavy atom. The van der Waals surface area contributed by atoms with Gasteiger partial charge in [0.2, 0.25) is 5.91 Å². The Balaban J connectivity index is 1.32. The maximum atomic E-state index is 12.5. The third-order valence-corrected chi connectivity index (χ3v) is 5.65. The number of amides is 2. The van der Waals surface area contributed by atoms with E-state index >= 15 is 0 Å². The maximum Gasteiger partial charge on any atom is 0.274 e. The third-order valence-electron chi connectivity index (χ3n) is 5.65. The zero-order valence-electron chi connectivity index (χ0n) is 15.2. The zero-order chi connectivity index (χ0) is 18.7. The van der Waals surface area contributed by atoms with Crippen LogP contribution in [0.1, 0.15) is 35.3 Å². The van der Waals surface area contributed by atoms with Gasteiger partial charge in [-0.25, -0.2) is 0 Å². The molecule has 1 aromatic carbocycles. The molecule has 2 aliphatic rings. The Morgan fingerprint density at radius 2 is 2.00 bits per heavy atom. The van der Waals surface area contributed by atoms with Gasteiger partial charge in [0.25, 0.3) is 5.91 Å². The zero-order valence-corrected chi connectivity index (χ0v) is 15.2. The van der Waals surface area contributed by atoms with Gasteiger partial charge in [-0.3, -0.25) is 14.6 Å². The number of hydrogen-bond donors (Lipinski definition) is 3. The highest BCUT2D eigenvalue weighted by atomic mass is 16.2. The fraction of sp³-hybridized carbons (Fsp3) is 0.381. The highest BCUT2D eigenvalue weighted by molar-refractivity contribution is 6.02. The van der Waals surface area contributed by atoms with E-state index in [-0.39, 0.29) is 23.1 Å². The first-order valence-electron chi connectivity index (χ1n) is 9.46. The number of rotatable bonds is 5. The number of nitrogens with one attached hydrogen (secondary N) is 3. The molecule has 6 nitrogen and oxygen atoms in total. The van der Waals surface area contributed by atoms with Crippen molar-refractivity contribution in [3.63, 3.8) is 0 Å². The smallest absolute Gasteiger partial charge is 0.274 e. The van der Waals surface area contributed by atoms with Gasteiger partial charge in [-0.05, 0) is 67.6 Å². The molecule has 1 aromatic heterocycles. The summed E-state index contributed by atoms with van der Waals surface area (Å²) >= 11 is 0. The van der Waals surface area contributed by atoms with E-state index in [1.807, 2.05) is 24.3 Å². The summed E-state index contributed by atoms with van der Waals surface area (Å²) < 4.78 is 0. The van der Waals surface area contributed by atoms with Crippen molar-refractivity contribution >= 4 is 17.5 Å². The van der Waals surface area contributed by atoms with E-state index in [1.54, 1.807) is 24.4 Å². The van der Waals surface area contributed by atoms with Crippen LogP contribution >= 0.6 is 0 Å². The monoisotopic (exact) mass is 364 g/mol. The first-order valence-corrected chi connectivity index (χ1v) is 9.46. The van der Waals surface area contributed by atoms with Crippen LogP contribution in [-0.2, 0) is 11.3 Å². The molecule has 1 aliphatic carbocycles. The van der Waals surface area contributed by atoms with Crippen molar-refractivity contribution in [2.45, 2.75) is 25.8 Å². The van der Waals surface area contributed by atoms with Crippen molar-refractivity contribution in [1.29, 1.82) is 0 Å². The van der Waals surface area contributed by atoms with Crippen LogP contribution in [-0.4, -0.2) is 29.9 Å². The summed E-state index contributed by atoms with van der Waals surface area (Å²) in [5, 5.41) is 9.27. The molecule has 4 rings (SSSR count). The Labute approximate surface area is 158 Å². The van der Waals surface area contributed by atoms with Gasteiger partial charge in [0, 0.05) is 24.3 Å². The molecule has 1 saturated carbocycles. The number of anilines is 1. The van der Waals surface area contributed by atoms with Crippen LogP contribution in [0, 0.1) is 11.3 Å². The van der Waals surface area contributed by atoms with E-state index in [0.717, 1.165) is 37.9 Å². The molecule has 27 heavy (non-hydrogen) atoms. The average molecular weight is 364 g/mol. The Morgan fingerprint density at radius 1 is 1.15 bits per heavy atom. The van der Waals surface area contributed by atoms with Crippen LogP contribution in [0.25, 0.3) is 0 Å². The summed E-state index contributed by atoms with van der Waals surface area (Å²) in [5.41, 5.74) is 2.27. The van der Waals surface area contributed by atoms with Crippen molar-refractivity contribution in [1.82, 2.24) is 15.6 Å². The molecule has 1 spiro atoms. The van der Waals surface area contributed by atoms with Gasteiger partial charge >= 0.3 is 0 Å². The molecule has 1 aliphatic heterocycles. The van der Waals surface area contributed by atoms with Crippen LogP contribution in [0.4, 0.5) is 5.69 Å². The van der Waals surface area contributed by atoms with Gasteiger partial charge in [-0.1, -0.05) is 18.2 Å². The second-order valence-corrected chi connectivity index (χ2v) is 7.46. The molecule has 0 radical (unpaired) electrons. The third kappa shape index (κ3) is 4.01. The molecule has 3 N–H and O–H groups in total. The Kier molecular flexibility index (Phi) is 4.90. The fourth-order valence-corrected chi connectivity index (χ4v) is 3.96. The Hall–Kier alpha value is -2.73. The van der Waals surface area contributed by atoms with E-state index in [4.69, 9.17) is 0 Å². The normalized spacial score (nSPS) is 20.1. The maximum absolute atomic E-state index is 12.5. The highest BCUT2D eigenvalue weighted by Gasteiger charge is 2.57. The van der Waals surface area contributed by atoms with Crippen molar-refractivity contribution in [2.75, 3.05) is 18.4 Å². The molecule has 0 bridgehead atoms. The first kappa shape index (κ1) is 17.7. The standard InChI is InChI=1S/C21H24N4O2/c26-19(17-13-21(17)7-10-22-11-8-21)24-14-15-4-3-5-16(12-15)25-20(27)18-6-1-2-9-23-18/h1-6,9,12,17,22H,7-8,10-11,13-14H2,(H,24,26)(H,25,27). The van der Waals surface area contributed by atoms with Crippen molar-refractivity contribution in [3.05, 3.63) is 59.9 Å². The lowest BCUT2D eigenvalue weighted by Gasteiger charge is -2.23. The quantitative estimate of drug-likeness (QED) is 0.760. The van der Waals surface area contributed by atoms with Crippen LogP contribution in [0.15, 0.2) is 48.7 Å². The molecular formula is C21H24N4O2. The molecule has 2 aromatic rings. The SMILES string of the molecule is O=C(Nc1cccc(CNC(=O)C2CC23CCNCC3)c1)c1ccccn1. The van der Waals surface area contributed by atoms with E-state index < -0.39 is 0 Å². The number of benzene rings is 1. The molecular weight excluding hydrogens is 340 g/mol. The minimum absolute atomic E-state index is 0.153. The number of carbonyl (C=O) groups excluding carboxylic acids is 2. The summed E-state index contributed by atoms with van der Waals surface area (Å²) in [4.78, 5) is 28.8. The van der Waals surface area contributed by atoms with Crippen molar-refractivity contribution in [3.8, 4) is 0 Å². The number of piperidine rings is 1. The van der Waals surface area contributed by atoms with Gasteiger partial charge in [0.15, 0.2) is 0 Å². The molecule has 2 fully saturated rings. The number of aromatic nitrogens is 1. The van der Waals surface area contributed by atoms with Crippen LogP contribution in [0.5, 0.6) is 0 Å². The predicted molar refractivity (Wildman–Crippen MR) is 103 cm³/mol. The second-order valence-electron chi connectivity index (χ2n) is 7.46. The molecule has 1 atom stereocenters. The van der Waals surface area contributed by atoms with Gasteiger partial charge in [0.05, 0.1) is 0 Å². The van der Waals surface area contributed by atoms with E-state index in [1.165, 1.54) is 0 Å². The number of carbonyl (C=O) groups is 2. The lowest BCUT2D eigenvalue weighted by Crippen LogP contribution is -2.33. The van der Waals surface area contributed by atoms with Gasteiger partial charge in [0.1, 0.15) is 5.69 Å². The minimum Gasteiger partial charge on any atom is -0.352 e. The van der Waals surface area contributed by atoms with E-state index in [2.05, 4.69) is 20.9 Å². The molecule has 140 valence electrons. The molecule has 1 saturated heterocycles. The summed E-state index contributed by atoms with van der Waals surface area (Å²) in [5.74, 6) is 0.0640. The van der Waals surface area contributed by atoms with E-state index in [0.29, 0.717) is 17.9 Å². The predicted octanol–water partition coefficient (Wildman–Crippen LogP) is 2.34. The van der Waals surface area contributed by atoms with Gasteiger partial charge < -0.3 is 16.0 Å². The largest absolute Gasteiger partial charge is 0.352 e. The van der Waals surface area contributed by atoms with Crippen molar-refractivity contribution < 1.29 is 9.59 Å². The van der Waals surface area contributed by atoms with Crippen molar-refractivity contribution in [2.24, 2.45) is 11.3 Å². The minimum atomic E-state index is -0.248. The summed E-state index contributed by atoms with van der Waals surface area (Å²) in [6.45, 7) is 2.50. The van der Waals surface area contributed by atoms with Crippen LogP contribution in [0.2, 0.25) is 0 Å². The molecule has 1 unspecified atom stereocenters. The molecule has 2 heterocycles.